The summed E-state index contributed by atoms with van der Waals surface area (Å²) in [5, 5.41) is 8.07. The highest BCUT2D eigenvalue weighted by Gasteiger charge is 2.26. The van der Waals surface area contributed by atoms with E-state index in [-0.39, 0.29) is 17.8 Å². The second kappa shape index (κ2) is 19.7. The molecular weight excluding hydrogens is 759 g/mol. The highest BCUT2D eigenvalue weighted by Crippen LogP contribution is 2.24. The van der Waals surface area contributed by atoms with Gasteiger partial charge in [0.1, 0.15) is 22.4 Å². The van der Waals surface area contributed by atoms with E-state index < -0.39 is 46.8 Å². The maximum Gasteiger partial charge on any atom is 0.437 e. The van der Waals surface area contributed by atoms with Crippen LogP contribution in [0.2, 0.25) is 0 Å². The lowest BCUT2D eigenvalue weighted by molar-refractivity contribution is 0.0536. The minimum absolute atomic E-state index is 0.0170. The number of nitrogens with zero attached hydrogens (tertiary/aromatic N) is 4. The van der Waals surface area contributed by atoms with Crippen LogP contribution in [0.1, 0.15) is 111 Å². The van der Waals surface area contributed by atoms with Crippen LogP contribution in [0.15, 0.2) is 64.6 Å². The molecule has 322 valence electrons. The van der Waals surface area contributed by atoms with Gasteiger partial charge in [0.25, 0.3) is 5.91 Å². The molecule has 2 aromatic carbocycles. The number of nitrogens with one attached hydrogen (secondary N) is 3. The number of guanidine groups is 2. The molecule has 0 radical (unpaired) electrons. The largest absolute Gasteiger partial charge is 0.444 e. The zero-order chi connectivity index (χ0) is 44.3. The zero-order valence-electron chi connectivity index (χ0n) is 36.7. The highest BCUT2D eigenvalue weighted by atomic mass is 16.6. The molecule has 1 heterocycles. The predicted molar refractivity (Wildman–Crippen MR) is 227 cm³/mol. The van der Waals surface area contributed by atoms with Gasteiger partial charge in [-0.3, -0.25) is 15.4 Å². The molecule has 16 heteroatoms. The molecule has 0 saturated carbocycles. The summed E-state index contributed by atoms with van der Waals surface area (Å²) in [6.45, 7) is 21.9. The molecule has 0 spiro atoms. The fourth-order valence-corrected chi connectivity index (χ4v) is 5.24. The molecule has 0 saturated heterocycles. The minimum Gasteiger partial charge on any atom is -0.444 e. The second-order valence-electron chi connectivity index (χ2n) is 17.9. The topological polar surface area (TPSA) is 190 Å². The number of likely N-dealkylation sites (N-methyl/N-ethyl adjacent to an activating group) is 1. The van der Waals surface area contributed by atoms with E-state index in [0.717, 1.165) is 16.7 Å². The number of carbonyl (C=O) groups excluding carboxylic acids is 5. The van der Waals surface area contributed by atoms with Crippen LogP contribution in [-0.2, 0) is 25.4 Å². The second-order valence-corrected chi connectivity index (χ2v) is 17.9. The summed E-state index contributed by atoms with van der Waals surface area (Å²) in [7, 11) is 1.69. The molecule has 0 aliphatic carbocycles. The summed E-state index contributed by atoms with van der Waals surface area (Å²) >= 11 is 0. The van der Waals surface area contributed by atoms with E-state index in [2.05, 4.69) is 25.9 Å². The zero-order valence-corrected chi connectivity index (χ0v) is 36.7. The summed E-state index contributed by atoms with van der Waals surface area (Å²) in [4.78, 5) is 74.7. The van der Waals surface area contributed by atoms with Gasteiger partial charge in [-0.05, 0) is 137 Å². The standard InChI is InChI=1S/C43H61N7O9/c1-40(2,3)56-36(52)45-34(46-37(53)57-41(4,5)6)49(13)25-22-28-14-20-32(21-15-28)44-33(51)31-18-16-29(17-19-31)30-23-26-50(27-24-30)35(47-38(54)58-42(7,8)9)48-39(55)59-43(10,11)12/h14-21,23H,22,24-27H2,1-13H3,(H,44,51)(H,45,46,52,53)(H,47,48,54,55). The van der Waals surface area contributed by atoms with Crippen LogP contribution in [-0.4, -0.2) is 101 Å². The van der Waals surface area contributed by atoms with Crippen LogP contribution >= 0.6 is 0 Å². The quantitative estimate of drug-likeness (QED) is 0.145. The first-order valence-electron chi connectivity index (χ1n) is 19.4. The monoisotopic (exact) mass is 819 g/mol. The van der Waals surface area contributed by atoms with E-state index in [1.165, 1.54) is 0 Å². The van der Waals surface area contributed by atoms with E-state index >= 15 is 0 Å². The first-order chi connectivity index (χ1) is 27.1. The smallest absolute Gasteiger partial charge is 0.437 e. The van der Waals surface area contributed by atoms with Crippen LogP contribution in [0.4, 0.5) is 24.9 Å². The van der Waals surface area contributed by atoms with E-state index in [9.17, 15) is 24.0 Å². The van der Waals surface area contributed by atoms with E-state index in [4.69, 9.17) is 18.9 Å². The Kier molecular flexibility index (Phi) is 15.8. The number of aliphatic imine (C=N–C) groups is 2. The van der Waals surface area contributed by atoms with Gasteiger partial charge >= 0.3 is 24.4 Å². The molecule has 59 heavy (non-hydrogen) atoms. The fraction of sp³-hybridized carbons (Fsp3) is 0.512. The molecule has 0 aromatic heterocycles. The van der Waals surface area contributed by atoms with Crippen molar-refractivity contribution in [2.24, 2.45) is 9.98 Å². The number of amides is 5. The third-order valence-corrected chi connectivity index (χ3v) is 7.74. The SMILES string of the molecule is CN(CCc1ccc(NC(=O)c2ccc(C3=CCN(/C(=N\C(=O)OC(C)(C)C)NC(=O)OC(C)(C)C)CC3)cc2)cc1)/C(=N/C(=O)OC(C)(C)C)NC(=O)OC(C)(C)C. The number of anilines is 1. The van der Waals surface area contributed by atoms with Crippen LogP contribution in [0.25, 0.3) is 5.57 Å². The van der Waals surface area contributed by atoms with Crippen molar-refractivity contribution in [1.29, 1.82) is 0 Å². The van der Waals surface area contributed by atoms with E-state index in [1.54, 1.807) is 124 Å². The maximum atomic E-state index is 13.2. The van der Waals surface area contributed by atoms with Crippen molar-refractivity contribution in [3.05, 3.63) is 71.3 Å². The summed E-state index contributed by atoms with van der Waals surface area (Å²) in [6.07, 6.45) is -0.0955. The Morgan fingerprint density at radius 2 is 1.19 bits per heavy atom. The van der Waals surface area contributed by atoms with Crippen molar-refractivity contribution < 1.29 is 42.9 Å². The van der Waals surface area contributed by atoms with E-state index in [0.29, 0.717) is 43.7 Å². The van der Waals surface area contributed by atoms with Gasteiger partial charge in [-0.15, -0.1) is 9.98 Å². The van der Waals surface area contributed by atoms with Gasteiger partial charge in [0, 0.05) is 37.9 Å². The molecule has 0 fully saturated rings. The van der Waals surface area contributed by atoms with Crippen molar-refractivity contribution in [2.45, 2.75) is 118 Å². The molecule has 0 bridgehead atoms. The number of carbonyl (C=O) groups is 5. The third kappa shape index (κ3) is 18.0. The highest BCUT2D eigenvalue weighted by molar-refractivity contribution is 6.04. The van der Waals surface area contributed by atoms with Crippen molar-refractivity contribution in [3.63, 3.8) is 0 Å². The molecule has 5 amide bonds. The number of alkyl carbamates (subject to hydrolysis) is 2. The van der Waals surface area contributed by atoms with Gasteiger partial charge < -0.3 is 34.1 Å². The van der Waals surface area contributed by atoms with Crippen LogP contribution in [0, 0.1) is 0 Å². The molecule has 0 unspecified atom stereocenters. The fourth-order valence-electron chi connectivity index (χ4n) is 5.24. The lowest BCUT2D eigenvalue weighted by Gasteiger charge is -2.30. The van der Waals surface area contributed by atoms with Crippen molar-refractivity contribution in [2.75, 3.05) is 32.0 Å². The van der Waals surface area contributed by atoms with Crippen LogP contribution in [0.3, 0.4) is 0 Å². The lowest BCUT2D eigenvalue weighted by atomic mass is 9.98. The Labute approximate surface area is 347 Å². The Morgan fingerprint density at radius 1 is 0.678 bits per heavy atom. The normalized spacial score (nSPS) is 14.1. The van der Waals surface area contributed by atoms with Gasteiger partial charge in [-0.2, -0.15) is 0 Å². The van der Waals surface area contributed by atoms with Crippen LogP contribution < -0.4 is 16.0 Å². The molecule has 1 aliphatic rings. The number of rotatable bonds is 6. The minimum atomic E-state index is -0.851. The Bertz CT molecular complexity index is 1910. The summed E-state index contributed by atoms with van der Waals surface area (Å²) in [6, 6.07) is 14.6. The summed E-state index contributed by atoms with van der Waals surface area (Å²) in [5.74, 6) is -0.264. The number of hydrogen-bond acceptors (Lipinski definition) is 9. The van der Waals surface area contributed by atoms with Crippen molar-refractivity contribution in [1.82, 2.24) is 20.4 Å². The first kappa shape index (κ1) is 47.4. The van der Waals surface area contributed by atoms with Crippen molar-refractivity contribution >= 4 is 53.5 Å². The predicted octanol–water partition coefficient (Wildman–Crippen LogP) is 8.13. The molecular formula is C43H61N7O9. The van der Waals surface area contributed by atoms with Crippen molar-refractivity contribution in [3.8, 4) is 0 Å². The Morgan fingerprint density at radius 3 is 1.68 bits per heavy atom. The van der Waals surface area contributed by atoms with E-state index in [1.807, 2.05) is 30.3 Å². The maximum absolute atomic E-state index is 13.2. The van der Waals surface area contributed by atoms with Gasteiger partial charge in [0.15, 0.2) is 0 Å². The molecule has 1 aliphatic heterocycles. The third-order valence-electron chi connectivity index (χ3n) is 7.74. The summed E-state index contributed by atoms with van der Waals surface area (Å²) in [5.41, 5.74) is 0.949. The first-order valence-corrected chi connectivity index (χ1v) is 19.4. The Balaban J connectivity index is 1.62. The number of benzene rings is 2. The molecule has 0 atom stereocenters. The number of hydrogen-bond donors (Lipinski definition) is 3. The van der Waals surface area contributed by atoms with Gasteiger partial charge in [0.2, 0.25) is 11.9 Å². The average Bonchev–Trinajstić information content (AvgIpc) is 3.07. The molecule has 3 N–H and O–H groups in total. The molecule has 16 nitrogen and oxygen atoms in total. The van der Waals surface area contributed by atoms with Gasteiger partial charge in [-0.1, -0.05) is 30.3 Å². The molecule has 2 aromatic rings. The Hall–Kier alpha value is -5.93. The van der Waals surface area contributed by atoms with Crippen LogP contribution in [0.5, 0.6) is 0 Å². The van der Waals surface area contributed by atoms with Gasteiger partial charge in [0.05, 0.1) is 0 Å². The average molecular weight is 820 g/mol. The summed E-state index contributed by atoms with van der Waals surface area (Å²) < 4.78 is 21.4. The lowest BCUT2D eigenvalue weighted by Crippen LogP contribution is -2.48. The molecule has 3 rings (SSSR count). The number of ether oxygens (including phenoxy) is 4. The van der Waals surface area contributed by atoms with Gasteiger partial charge in [-0.25, -0.2) is 19.2 Å².